The number of nitrogens with zero attached hydrogens (tertiary/aromatic N) is 1. The van der Waals surface area contributed by atoms with Gasteiger partial charge in [0.1, 0.15) is 0 Å². The quantitative estimate of drug-likeness (QED) is 0.767. The molecule has 1 fully saturated rings. The molecule has 26 heavy (non-hydrogen) atoms. The summed E-state index contributed by atoms with van der Waals surface area (Å²) in [5, 5.41) is 7.13. The van der Waals surface area contributed by atoms with Crippen LogP contribution in [0.15, 0.2) is 48.5 Å². The number of likely N-dealkylation sites (tertiary alicyclic amines) is 1. The van der Waals surface area contributed by atoms with Crippen LogP contribution in [-0.2, 0) is 6.54 Å². The molecule has 1 aliphatic rings. The largest absolute Gasteiger partial charge is 0.322 e. The molecule has 0 saturated carbocycles. The predicted octanol–water partition coefficient (Wildman–Crippen LogP) is 4.17. The van der Waals surface area contributed by atoms with Crippen molar-refractivity contribution in [1.82, 2.24) is 10.2 Å². The van der Waals surface area contributed by atoms with Crippen molar-refractivity contribution in [2.45, 2.75) is 32.4 Å². The van der Waals surface area contributed by atoms with Gasteiger partial charge in [-0.25, -0.2) is 0 Å². The lowest BCUT2D eigenvalue weighted by molar-refractivity contribution is 0.102. The number of halogens is 1. The van der Waals surface area contributed by atoms with E-state index in [0.717, 1.165) is 25.3 Å². The summed E-state index contributed by atoms with van der Waals surface area (Å²) in [7, 11) is 0. The van der Waals surface area contributed by atoms with Crippen LogP contribution < -0.4 is 10.6 Å². The molecule has 0 spiro atoms. The van der Waals surface area contributed by atoms with E-state index in [1.54, 1.807) is 24.3 Å². The second-order valence-electron chi connectivity index (χ2n) is 6.72. The van der Waals surface area contributed by atoms with E-state index in [1.807, 2.05) is 18.2 Å². The van der Waals surface area contributed by atoms with E-state index in [9.17, 15) is 4.79 Å². The molecule has 2 aromatic rings. The van der Waals surface area contributed by atoms with Crippen LogP contribution in [0.5, 0.6) is 0 Å². The van der Waals surface area contributed by atoms with E-state index in [2.05, 4.69) is 28.5 Å². The fourth-order valence-electron chi connectivity index (χ4n) is 3.49. The molecule has 0 bridgehead atoms. The molecular weight excluding hydrogens is 346 g/mol. The SMILES string of the molecule is CCN1CCC[C@H]1CNCc1cccc(NC(=O)c2ccc(Cl)cc2)c1. The first kappa shape index (κ1) is 18.9. The highest BCUT2D eigenvalue weighted by molar-refractivity contribution is 6.30. The molecule has 0 unspecified atom stereocenters. The average molecular weight is 372 g/mol. The summed E-state index contributed by atoms with van der Waals surface area (Å²) in [6.45, 7) is 6.38. The maximum atomic E-state index is 12.3. The molecule has 0 aliphatic carbocycles. The smallest absolute Gasteiger partial charge is 0.255 e. The maximum absolute atomic E-state index is 12.3. The number of carbonyl (C=O) groups excluding carboxylic acids is 1. The number of rotatable bonds is 7. The molecular formula is C21H26ClN3O. The van der Waals surface area contributed by atoms with Crippen LogP contribution >= 0.6 is 11.6 Å². The molecule has 1 aliphatic heterocycles. The molecule has 1 saturated heterocycles. The normalized spacial score (nSPS) is 17.4. The number of anilines is 1. The third kappa shape index (κ3) is 5.07. The van der Waals surface area contributed by atoms with E-state index in [1.165, 1.54) is 24.9 Å². The minimum atomic E-state index is -0.128. The Balaban J connectivity index is 1.53. The second kappa shape index (κ2) is 9.17. The Morgan fingerprint density at radius 3 is 2.81 bits per heavy atom. The van der Waals surface area contributed by atoms with Crippen molar-refractivity contribution in [3.63, 3.8) is 0 Å². The van der Waals surface area contributed by atoms with E-state index in [-0.39, 0.29) is 5.91 Å². The minimum absolute atomic E-state index is 0.128. The fourth-order valence-corrected chi connectivity index (χ4v) is 3.62. The van der Waals surface area contributed by atoms with Crippen molar-refractivity contribution in [2.24, 2.45) is 0 Å². The lowest BCUT2D eigenvalue weighted by Crippen LogP contribution is -2.37. The summed E-state index contributed by atoms with van der Waals surface area (Å²) in [4.78, 5) is 14.9. The van der Waals surface area contributed by atoms with Gasteiger partial charge >= 0.3 is 0 Å². The minimum Gasteiger partial charge on any atom is -0.322 e. The number of hydrogen-bond donors (Lipinski definition) is 2. The molecule has 138 valence electrons. The summed E-state index contributed by atoms with van der Waals surface area (Å²) < 4.78 is 0. The number of carbonyl (C=O) groups is 1. The van der Waals surface area contributed by atoms with Gasteiger partial charge in [-0.1, -0.05) is 30.7 Å². The summed E-state index contributed by atoms with van der Waals surface area (Å²) >= 11 is 5.87. The van der Waals surface area contributed by atoms with Gasteiger partial charge in [-0.2, -0.15) is 0 Å². The van der Waals surface area contributed by atoms with Gasteiger partial charge in [0.2, 0.25) is 0 Å². The van der Waals surface area contributed by atoms with E-state index >= 15 is 0 Å². The lowest BCUT2D eigenvalue weighted by atomic mass is 10.1. The van der Waals surface area contributed by atoms with Crippen LogP contribution in [0.4, 0.5) is 5.69 Å². The number of benzene rings is 2. The molecule has 5 heteroatoms. The van der Waals surface area contributed by atoms with Gasteiger partial charge in [0.05, 0.1) is 0 Å². The van der Waals surface area contributed by atoms with Gasteiger partial charge in [-0.05, 0) is 67.9 Å². The van der Waals surface area contributed by atoms with Crippen molar-refractivity contribution >= 4 is 23.2 Å². The standard InChI is InChI=1S/C21H26ClN3O/c1-2-25-12-4-7-20(25)15-23-14-16-5-3-6-19(13-16)24-21(26)17-8-10-18(22)11-9-17/h3,5-6,8-11,13,20,23H,2,4,7,12,14-15H2,1H3,(H,24,26)/t20-/m0/s1. The highest BCUT2D eigenvalue weighted by Gasteiger charge is 2.22. The first-order valence-electron chi connectivity index (χ1n) is 9.26. The van der Waals surface area contributed by atoms with Crippen LogP contribution in [0.2, 0.25) is 5.02 Å². The zero-order valence-corrected chi connectivity index (χ0v) is 15.9. The summed E-state index contributed by atoms with van der Waals surface area (Å²) in [6, 6.07) is 15.5. The summed E-state index contributed by atoms with van der Waals surface area (Å²) in [5.74, 6) is -0.128. The predicted molar refractivity (Wildman–Crippen MR) is 108 cm³/mol. The Kier molecular flexibility index (Phi) is 6.67. The number of amides is 1. The van der Waals surface area contributed by atoms with E-state index in [4.69, 9.17) is 11.6 Å². The van der Waals surface area contributed by atoms with E-state index < -0.39 is 0 Å². The van der Waals surface area contributed by atoms with Crippen LogP contribution in [0.1, 0.15) is 35.7 Å². The molecule has 0 aromatic heterocycles. The molecule has 1 atom stereocenters. The van der Waals surface area contributed by atoms with Gasteiger partial charge in [0, 0.05) is 35.4 Å². The highest BCUT2D eigenvalue weighted by atomic mass is 35.5. The van der Waals surface area contributed by atoms with Crippen LogP contribution in [0, 0.1) is 0 Å². The third-order valence-electron chi connectivity index (χ3n) is 4.91. The van der Waals surface area contributed by atoms with Crippen molar-refractivity contribution in [3.05, 3.63) is 64.7 Å². The Morgan fingerprint density at radius 1 is 1.23 bits per heavy atom. The van der Waals surface area contributed by atoms with Crippen molar-refractivity contribution in [3.8, 4) is 0 Å². The molecule has 2 aromatic carbocycles. The van der Waals surface area contributed by atoms with Gasteiger partial charge < -0.3 is 10.6 Å². The molecule has 1 amide bonds. The topological polar surface area (TPSA) is 44.4 Å². The van der Waals surface area contributed by atoms with Crippen LogP contribution in [-0.4, -0.2) is 36.5 Å². The Labute approximate surface area is 160 Å². The van der Waals surface area contributed by atoms with Crippen LogP contribution in [0.25, 0.3) is 0 Å². The molecule has 1 heterocycles. The zero-order chi connectivity index (χ0) is 18.4. The average Bonchev–Trinajstić information content (AvgIpc) is 3.10. The fraction of sp³-hybridized carbons (Fsp3) is 0.381. The number of hydrogen-bond acceptors (Lipinski definition) is 3. The molecule has 4 nitrogen and oxygen atoms in total. The Morgan fingerprint density at radius 2 is 2.04 bits per heavy atom. The molecule has 0 radical (unpaired) electrons. The second-order valence-corrected chi connectivity index (χ2v) is 7.15. The van der Waals surface area contributed by atoms with Gasteiger partial charge in [0.15, 0.2) is 0 Å². The first-order valence-corrected chi connectivity index (χ1v) is 9.64. The van der Waals surface area contributed by atoms with E-state index in [0.29, 0.717) is 16.6 Å². The van der Waals surface area contributed by atoms with Crippen molar-refractivity contribution in [2.75, 3.05) is 25.0 Å². The summed E-state index contributed by atoms with van der Waals surface area (Å²) in [6.07, 6.45) is 2.57. The van der Waals surface area contributed by atoms with Crippen molar-refractivity contribution in [1.29, 1.82) is 0 Å². The monoisotopic (exact) mass is 371 g/mol. The molecule has 3 rings (SSSR count). The first-order chi connectivity index (χ1) is 12.7. The Hall–Kier alpha value is -1.88. The van der Waals surface area contributed by atoms with Crippen molar-refractivity contribution < 1.29 is 4.79 Å². The number of likely N-dealkylation sites (N-methyl/N-ethyl adjacent to an activating group) is 1. The zero-order valence-electron chi connectivity index (χ0n) is 15.2. The van der Waals surface area contributed by atoms with Gasteiger partial charge in [-0.3, -0.25) is 9.69 Å². The van der Waals surface area contributed by atoms with Gasteiger partial charge in [0.25, 0.3) is 5.91 Å². The number of nitrogens with one attached hydrogen (secondary N) is 2. The van der Waals surface area contributed by atoms with Gasteiger partial charge in [-0.15, -0.1) is 0 Å². The van der Waals surface area contributed by atoms with Crippen LogP contribution in [0.3, 0.4) is 0 Å². The Bertz CT molecular complexity index is 732. The molecule has 2 N–H and O–H groups in total. The maximum Gasteiger partial charge on any atom is 0.255 e. The highest BCUT2D eigenvalue weighted by Crippen LogP contribution is 2.17. The lowest BCUT2D eigenvalue weighted by Gasteiger charge is -2.23. The third-order valence-corrected chi connectivity index (χ3v) is 5.16. The summed E-state index contributed by atoms with van der Waals surface area (Å²) in [5.41, 5.74) is 2.57.